The average molecular weight is 391 g/mol. The second-order valence-corrected chi connectivity index (χ2v) is 6.07. The number of nitrogens with one attached hydrogen (secondary N) is 2. The first-order chi connectivity index (χ1) is 11.2. The first-order valence-corrected chi connectivity index (χ1v) is 8.07. The van der Waals surface area contributed by atoms with Crippen molar-refractivity contribution in [2.45, 2.75) is 6.54 Å². The number of hydrogen-bond donors (Lipinski definition) is 2. The fourth-order valence-electron chi connectivity index (χ4n) is 1.97. The van der Waals surface area contributed by atoms with Gasteiger partial charge >= 0.3 is 0 Å². The summed E-state index contributed by atoms with van der Waals surface area (Å²) >= 11 is 9.56. The Kier molecular flexibility index (Phi) is 5.05. The van der Waals surface area contributed by atoms with E-state index in [9.17, 15) is 0 Å². The Morgan fingerprint density at radius 1 is 1.09 bits per heavy atom. The molecule has 116 valence electrons. The highest BCUT2D eigenvalue weighted by Crippen LogP contribution is 2.20. The van der Waals surface area contributed by atoms with Crippen molar-refractivity contribution in [3.8, 4) is 0 Å². The molecule has 0 aliphatic heterocycles. The molecule has 0 spiro atoms. The molecule has 0 unspecified atom stereocenters. The molecule has 3 rings (SSSR count). The zero-order valence-corrected chi connectivity index (χ0v) is 14.3. The molecule has 23 heavy (non-hydrogen) atoms. The average Bonchev–Trinajstić information content (AvgIpc) is 2.54. The Morgan fingerprint density at radius 3 is 2.78 bits per heavy atom. The van der Waals surface area contributed by atoms with Crippen LogP contribution in [0.5, 0.6) is 0 Å². The summed E-state index contributed by atoms with van der Waals surface area (Å²) in [5.74, 6) is 1.05. The first kappa shape index (κ1) is 15.7. The number of rotatable bonds is 5. The monoisotopic (exact) mass is 389 g/mol. The fourth-order valence-corrected chi connectivity index (χ4v) is 2.57. The summed E-state index contributed by atoms with van der Waals surface area (Å²) in [5.41, 5.74) is 1.89. The van der Waals surface area contributed by atoms with Gasteiger partial charge < -0.3 is 10.6 Å². The first-order valence-electron chi connectivity index (χ1n) is 6.90. The van der Waals surface area contributed by atoms with Crippen LogP contribution in [0.25, 0.3) is 0 Å². The molecule has 1 aromatic heterocycles. The Hall–Kier alpha value is -2.18. The van der Waals surface area contributed by atoms with E-state index in [0.717, 1.165) is 15.7 Å². The normalized spacial score (nSPS) is 10.3. The van der Waals surface area contributed by atoms with Crippen LogP contribution < -0.4 is 10.6 Å². The second kappa shape index (κ2) is 7.39. The standard InChI is InChI=1S/C16H13BrClN5/c17-12-5-3-6-13(8-12)21-15-10-20-23-16(22-15)19-9-11-4-1-2-7-14(11)18/h1-8,10H,9H2,(H2,19,21,22,23). The number of aromatic nitrogens is 3. The van der Waals surface area contributed by atoms with Gasteiger partial charge in [0.2, 0.25) is 5.95 Å². The maximum atomic E-state index is 6.13. The molecular formula is C16H13BrClN5. The van der Waals surface area contributed by atoms with Gasteiger partial charge in [-0.15, -0.1) is 5.10 Å². The SMILES string of the molecule is Clc1ccccc1CNc1nncc(Nc2cccc(Br)c2)n1. The van der Waals surface area contributed by atoms with Crippen molar-refractivity contribution in [3.05, 3.63) is 69.8 Å². The van der Waals surface area contributed by atoms with Crippen LogP contribution in [0.15, 0.2) is 59.2 Å². The van der Waals surface area contributed by atoms with E-state index in [1.54, 1.807) is 6.20 Å². The summed E-state index contributed by atoms with van der Waals surface area (Å²) in [6.07, 6.45) is 1.57. The summed E-state index contributed by atoms with van der Waals surface area (Å²) < 4.78 is 0.988. The molecule has 0 fully saturated rings. The molecule has 2 aromatic carbocycles. The second-order valence-electron chi connectivity index (χ2n) is 4.75. The van der Waals surface area contributed by atoms with E-state index in [4.69, 9.17) is 11.6 Å². The lowest BCUT2D eigenvalue weighted by atomic mass is 10.2. The van der Waals surface area contributed by atoms with Crippen molar-refractivity contribution in [3.63, 3.8) is 0 Å². The molecule has 7 heteroatoms. The minimum Gasteiger partial charge on any atom is -0.349 e. The molecule has 0 atom stereocenters. The van der Waals surface area contributed by atoms with Crippen molar-refractivity contribution < 1.29 is 0 Å². The van der Waals surface area contributed by atoms with Gasteiger partial charge in [-0.25, -0.2) is 0 Å². The van der Waals surface area contributed by atoms with Gasteiger partial charge in [0.1, 0.15) is 0 Å². The molecule has 0 aliphatic rings. The lowest BCUT2D eigenvalue weighted by Crippen LogP contribution is -2.06. The Labute approximate surface area is 147 Å². The highest BCUT2D eigenvalue weighted by atomic mass is 79.9. The van der Waals surface area contributed by atoms with Crippen LogP contribution in [0.4, 0.5) is 17.5 Å². The zero-order valence-electron chi connectivity index (χ0n) is 12.0. The predicted molar refractivity (Wildman–Crippen MR) is 96.0 cm³/mol. The molecule has 0 aliphatic carbocycles. The van der Waals surface area contributed by atoms with Gasteiger partial charge in [0.15, 0.2) is 5.82 Å². The Bertz CT molecular complexity index is 812. The number of halogens is 2. The van der Waals surface area contributed by atoms with Crippen LogP contribution in [0, 0.1) is 0 Å². The third-order valence-corrected chi connectivity index (χ3v) is 3.91. The number of hydrogen-bond acceptors (Lipinski definition) is 5. The van der Waals surface area contributed by atoms with Crippen LogP contribution in [0.3, 0.4) is 0 Å². The molecule has 3 aromatic rings. The Balaban J connectivity index is 1.69. The summed E-state index contributed by atoms with van der Waals surface area (Å²) in [5, 5.41) is 14.9. The molecule has 1 heterocycles. The van der Waals surface area contributed by atoms with Gasteiger partial charge in [-0.05, 0) is 29.8 Å². The maximum Gasteiger partial charge on any atom is 0.244 e. The summed E-state index contributed by atoms with van der Waals surface area (Å²) in [7, 11) is 0. The molecule has 0 saturated carbocycles. The van der Waals surface area contributed by atoms with E-state index >= 15 is 0 Å². The van der Waals surface area contributed by atoms with Crippen LogP contribution in [0.2, 0.25) is 5.02 Å². The third kappa shape index (κ3) is 4.40. The highest BCUT2D eigenvalue weighted by Gasteiger charge is 2.03. The third-order valence-electron chi connectivity index (χ3n) is 3.05. The lowest BCUT2D eigenvalue weighted by molar-refractivity contribution is 0.949. The van der Waals surface area contributed by atoms with E-state index in [-0.39, 0.29) is 0 Å². The maximum absolute atomic E-state index is 6.13. The van der Waals surface area contributed by atoms with Crippen molar-refractivity contribution in [1.29, 1.82) is 0 Å². The molecule has 0 radical (unpaired) electrons. The van der Waals surface area contributed by atoms with E-state index in [2.05, 4.69) is 41.7 Å². The van der Waals surface area contributed by atoms with Gasteiger partial charge in [0, 0.05) is 21.7 Å². The topological polar surface area (TPSA) is 62.7 Å². The Morgan fingerprint density at radius 2 is 1.96 bits per heavy atom. The fraction of sp³-hybridized carbons (Fsp3) is 0.0625. The summed E-state index contributed by atoms with van der Waals surface area (Å²) in [6, 6.07) is 15.4. The molecule has 0 amide bonds. The van der Waals surface area contributed by atoms with Crippen LogP contribution in [0.1, 0.15) is 5.56 Å². The van der Waals surface area contributed by atoms with Crippen molar-refractivity contribution in [2.75, 3.05) is 10.6 Å². The van der Waals surface area contributed by atoms with Gasteiger partial charge in [0.25, 0.3) is 0 Å². The molecular weight excluding hydrogens is 378 g/mol. The number of anilines is 3. The van der Waals surface area contributed by atoms with E-state index < -0.39 is 0 Å². The minimum absolute atomic E-state index is 0.435. The van der Waals surface area contributed by atoms with Gasteiger partial charge in [0.05, 0.1) is 6.20 Å². The van der Waals surface area contributed by atoms with Crippen LogP contribution in [-0.2, 0) is 6.54 Å². The van der Waals surface area contributed by atoms with E-state index in [1.165, 1.54) is 0 Å². The van der Waals surface area contributed by atoms with Gasteiger partial charge in [-0.2, -0.15) is 10.1 Å². The quantitative estimate of drug-likeness (QED) is 0.664. The number of benzene rings is 2. The highest BCUT2D eigenvalue weighted by molar-refractivity contribution is 9.10. The molecule has 0 bridgehead atoms. The van der Waals surface area contributed by atoms with Gasteiger partial charge in [-0.1, -0.05) is 51.8 Å². The zero-order chi connectivity index (χ0) is 16.1. The summed E-state index contributed by atoms with van der Waals surface area (Å²) in [4.78, 5) is 4.39. The summed E-state index contributed by atoms with van der Waals surface area (Å²) in [6.45, 7) is 0.529. The molecule has 2 N–H and O–H groups in total. The van der Waals surface area contributed by atoms with Crippen LogP contribution in [-0.4, -0.2) is 15.2 Å². The van der Waals surface area contributed by atoms with Crippen molar-refractivity contribution >= 4 is 45.0 Å². The predicted octanol–water partition coefficient (Wildman–Crippen LogP) is 4.64. The molecule has 5 nitrogen and oxygen atoms in total. The smallest absolute Gasteiger partial charge is 0.244 e. The van der Waals surface area contributed by atoms with Crippen molar-refractivity contribution in [1.82, 2.24) is 15.2 Å². The number of nitrogens with zero attached hydrogens (tertiary/aromatic N) is 3. The van der Waals surface area contributed by atoms with E-state index in [0.29, 0.717) is 23.3 Å². The van der Waals surface area contributed by atoms with E-state index in [1.807, 2.05) is 48.5 Å². The lowest BCUT2D eigenvalue weighted by Gasteiger charge is -2.08. The molecule has 0 saturated heterocycles. The van der Waals surface area contributed by atoms with Crippen molar-refractivity contribution in [2.24, 2.45) is 0 Å². The minimum atomic E-state index is 0.435. The largest absolute Gasteiger partial charge is 0.349 e. The van der Waals surface area contributed by atoms with Crippen LogP contribution >= 0.6 is 27.5 Å². The van der Waals surface area contributed by atoms with Gasteiger partial charge in [-0.3, -0.25) is 0 Å².